The van der Waals surface area contributed by atoms with E-state index in [1.165, 1.54) is 19.1 Å². The molecule has 14 heteroatoms. The van der Waals surface area contributed by atoms with E-state index >= 15 is 0 Å². The number of Topliss-reactive ketones (excluding diaryl/α,β-unsaturated/α-hetero) is 1. The highest BCUT2D eigenvalue weighted by Crippen LogP contribution is 2.35. The molecule has 1 aliphatic carbocycles. The van der Waals surface area contributed by atoms with Crippen LogP contribution in [0.1, 0.15) is 35.3 Å². The summed E-state index contributed by atoms with van der Waals surface area (Å²) in [5.41, 5.74) is 8.11. The maximum atomic E-state index is 12.8. The standard InChI is InChI=1S/C23H23N9O5/c1-34-21-11-8-16(12-22(21)35-13-15-6-7-15)23-25-17(14-36-23)9-10-19(33)18-4-2-3-5-20(18)37-32-31-30-29-28-27-26-24/h2-5,8,11-12,14-15,24H,6-7,9-10,13H2,1H3. The molecule has 0 amide bonds. The van der Waals surface area contributed by atoms with Crippen molar-refractivity contribution in [1.82, 2.24) is 4.98 Å². The fourth-order valence-electron chi connectivity index (χ4n) is 3.27. The van der Waals surface area contributed by atoms with E-state index in [1.807, 2.05) is 18.2 Å². The molecular formula is C23H23N9O5. The van der Waals surface area contributed by atoms with Crippen molar-refractivity contribution in [3.8, 4) is 28.7 Å². The summed E-state index contributed by atoms with van der Waals surface area (Å²) in [4.78, 5) is 22.5. The molecule has 0 bridgehead atoms. The second-order valence-corrected chi connectivity index (χ2v) is 7.90. The number of benzene rings is 2. The zero-order chi connectivity index (χ0) is 25.9. The lowest BCUT2D eigenvalue weighted by atomic mass is 10.0. The molecule has 1 aromatic heterocycles. The number of para-hydroxylation sites is 1. The number of oxazole rings is 1. The Kier molecular flexibility index (Phi) is 8.67. The molecule has 0 saturated heterocycles. The van der Waals surface area contributed by atoms with Gasteiger partial charge in [-0.3, -0.25) is 4.79 Å². The van der Waals surface area contributed by atoms with Gasteiger partial charge in [0.2, 0.25) is 5.89 Å². The molecule has 4 rings (SSSR count). The van der Waals surface area contributed by atoms with Crippen LogP contribution in [-0.4, -0.2) is 24.5 Å². The third kappa shape index (κ3) is 7.30. The van der Waals surface area contributed by atoms with E-state index in [1.54, 1.807) is 31.4 Å². The Labute approximate surface area is 210 Å². The van der Waals surface area contributed by atoms with Gasteiger partial charge >= 0.3 is 0 Å². The van der Waals surface area contributed by atoms with Crippen LogP contribution in [0.15, 0.2) is 89.8 Å². The third-order valence-electron chi connectivity index (χ3n) is 5.31. The first-order valence-corrected chi connectivity index (χ1v) is 11.3. The number of rotatable bonds is 14. The minimum Gasteiger partial charge on any atom is -0.493 e. The van der Waals surface area contributed by atoms with E-state index in [-0.39, 0.29) is 18.0 Å². The van der Waals surface area contributed by atoms with Crippen molar-refractivity contribution in [1.29, 1.82) is 5.53 Å². The third-order valence-corrected chi connectivity index (χ3v) is 5.31. The van der Waals surface area contributed by atoms with E-state index in [2.05, 4.69) is 41.6 Å². The SMILES string of the molecule is COc1ccc(-c2nc(CCC(=O)c3ccccc3ON=NN=NN=NN=N)co2)cc1OCC1CC1. The van der Waals surface area contributed by atoms with Gasteiger partial charge in [0, 0.05) is 34.1 Å². The number of ether oxygens (including phenoxy) is 2. The second-order valence-electron chi connectivity index (χ2n) is 7.90. The minimum atomic E-state index is -0.178. The van der Waals surface area contributed by atoms with E-state index < -0.39 is 0 Å². The Morgan fingerprint density at radius 3 is 2.68 bits per heavy atom. The molecule has 0 radical (unpaired) electrons. The van der Waals surface area contributed by atoms with Crippen molar-refractivity contribution in [2.24, 2.45) is 42.5 Å². The summed E-state index contributed by atoms with van der Waals surface area (Å²) < 4.78 is 17.0. The van der Waals surface area contributed by atoms with Gasteiger partial charge in [0.25, 0.3) is 0 Å². The quantitative estimate of drug-likeness (QED) is 0.151. The molecule has 1 N–H and O–H groups in total. The summed E-state index contributed by atoms with van der Waals surface area (Å²) in [5, 5.41) is 21.4. The highest BCUT2D eigenvalue weighted by atomic mass is 16.6. The molecule has 190 valence electrons. The van der Waals surface area contributed by atoms with Gasteiger partial charge < -0.3 is 18.7 Å². The van der Waals surface area contributed by atoms with Gasteiger partial charge in [-0.25, -0.2) is 4.98 Å². The van der Waals surface area contributed by atoms with Crippen molar-refractivity contribution in [2.75, 3.05) is 13.7 Å². The van der Waals surface area contributed by atoms with Crippen molar-refractivity contribution in [2.45, 2.75) is 25.7 Å². The molecular weight excluding hydrogens is 482 g/mol. The number of ketones is 1. The summed E-state index contributed by atoms with van der Waals surface area (Å²) in [5.74, 6) is 2.35. The summed E-state index contributed by atoms with van der Waals surface area (Å²) in [6.45, 7) is 0.657. The molecule has 0 unspecified atom stereocenters. The fraction of sp³-hybridized carbons (Fsp3) is 0.304. The average Bonchev–Trinajstić information content (AvgIpc) is 3.64. The Bertz CT molecular complexity index is 1320. The summed E-state index contributed by atoms with van der Waals surface area (Å²) in [6.07, 6.45) is 4.44. The normalized spacial score (nSPS) is 13.4. The van der Waals surface area contributed by atoms with Gasteiger partial charge in [-0.15, -0.1) is 0 Å². The van der Waals surface area contributed by atoms with Crippen molar-refractivity contribution in [3.63, 3.8) is 0 Å². The number of hydrogen-bond donors (Lipinski definition) is 1. The second kappa shape index (κ2) is 12.7. The fourth-order valence-corrected chi connectivity index (χ4v) is 3.27. The summed E-state index contributed by atoms with van der Waals surface area (Å²) in [7, 11) is 1.60. The van der Waals surface area contributed by atoms with E-state index in [0.717, 1.165) is 5.56 Å². The zero-order valence-corrected chi connectivity index (χ0v) is 19.9. The van der Waals surface area contributed by atoms with Crippen LogP contribution in [0.25, 0.3) is 11.5 Å². The van der Waals surface area contributed by atoms with Crippen LogP contribution >= 0.6 is 0 Å². The number of carbonyl (C=O) groups is 1. The van der Waals surface area contributed by atoms with Gasteiger partial charge in [0.15, 0.2) is 23.0 Å². The first kappa shape index (κ1) is 25.2. The lowest BCUT2D eigenvalue weighted by Gasteiger charge is -2.11. The largest absolute Gasteiger partial charge is 0.493 e. The summed E-state index contributed by atoms with van der Waals surface area (Å²) >= 11 is 0. The average molecular weight is 505 g/mol. The van der Waals surface area contributed by atoms with Crippen molar-refractivity contribution in [3.05, 3.63) is 60.0 Å². The maximum Gasteiger partial charge on any atom is 0.226 e. The van der Waals surface area contributed by atoms with Crippen LogP contribution in [0.4, 0.5) is 0 Å². The molecule has 0 atom stereocenters. The number of methoxy groups -OCH3 is 1. The molecule has 1 saturated carbocycles. The van der Waals surface area contributed by atoms with Crippen LogP contribution < -0.4 is 14.3 Å². The van der Waals surface area contributed by atoms with Gasteiger partial charge in [0.05, 0.1) is 30.3 Å². The Hall–Kier alpha value is -4.88. The summed E-state index contributed by atoms with van der Waals surface area (Å²) in [6, 6.07) is 12.1. The van der Waals surface area contributed by atoms with E-state index in [4.69, 9.17) is 24.3 Å². The maximum absolute atomic E-state index is 12.8. The molecule has 1 aliphatic rings. The predicted octanol–water partition coefficient (Wildman–Crippen LogP) is 6.38. The molecule has 1 fully saturated rings. The smallest absolute Gasteiger partial charge is 0.226 e. The Morgan fingerprint density at radius 2 is 1.86 bits per heavy atom. The number of hydrogen-bond acceptors (Lipinski definition) is 8. The zero-order valence-electron chi connectivity index (χ0n) is 19.9. The monoisotopic (exact) mass is 505 g/mol. The van der Waals surface area contributed by atoms with Crippen LogP contribution in [0.2, 0.25) is 0 Å². The number of nitrogens with zero attached hydrogens (tertiary/aromatic N) is 8. The lowest BCUT2D eigenvalue weighted by Crippen LogP contribution is -2.03. The van der Waals surface area contributed by atoms with Gasteiger partial charge in [-0.2, -0.15) is 5.53 Å². The lowest BCUT2D eigenvalue weighted by molar-refractivity contribution is 0.0978. The topological polar surface area (TPSA) is 181 Å². The molecule has 3 aromatic rings. The van der Waals surface area contributed by atoms with Gasteiger partial charge in [0.1, 0.15) is 6.26 Å². The van der Waals surface area contributed by atoms with Crippen LogP contribution in [0, 0.1) is 11.4 Å². The molecule has 0 aliphatic heterocycles. The minimum absolute atomic E-state index is 0.165. The number of aryl methyl sites for hydroxylation is 1. The molecule has 14 nitrogen and oxygen atoms in total. The first-order valence-electron chi connectivity index (χ1n) is 11.3. The molecule has 2 aromatic carbocycles. The molecule has 0 spiro atoms. The van der Waals surface area contributed by atoms with Gasteiger partial charge in [-0.1, -0.05) is 12.1 Å². The Morgan fingerprint density at radius 1 is 1.05 bits per heavy atom. The number of nitrogens with one attached hydrogen (secondary N) is 1. The van der Waals surface area contributed by atoms with Crippen molar-refractivity contribution < 1.29 is 23.5 Å². The number of carbonyl (C=O) groups excluding carboxylic acids is 1. The Balaban J connectivity index is 1.36. The highest BCUT2D eigenvalue weighted by molar-refractivity contribution is 5.98. The molecule has 37 heavy (non-hydrogen) atoms. The molecule has 1 heterocycles. The van der Waals surface area contributed by atoms with E-state index in [0.29, 0.717) is 47.6 Å². The first-order chi connectivity index (χ1) is 18.2. The van der Waals surface area contributed by atoms with Crippen LogP contribution in [0.5, 0.6) is 17.2 Å². The highest BCUT2D eigenvalue weighted by Gasteiger charge is 2.23. The van der Waals surface area contributed by atoms with E-state index in [9.17, 15) is 4.79 Å². The van der Waals surface area contributed by atoms with Crippen LogP contribution in [-0.2, 0) is 6.42 Å². The predicted molar refractivity (Wildman–Crippen MR) is 126 cm³/mol. The van der Waals surface area contributed by atoms with Crippen molar-refractivity contribution >= 4 is 5.78 Å². The van der Waals surface area contributed by atoms with Crippen LogP contribution in [0.3, 0.4) is 0 Å². The number of aromatic nitrogens is 1. The van der Waals surface area contributed by atoms with Gasteiger partial charge in [-0.05, 0) is 64.8 Å².